The van der Waals surface area contributed by atoms with Crippen LogP contribution in [-0.4, -0.2) is 25.2 Å². The van der Waals surface area contributed by atoms with E-state index in [1.54, 1.807) is 7.05 Å². The molecule has 1 N–H and O–H groups in total. The maximum Gasteiger partial charge on any atom is 0.332 e. The summed E-state index contributed by atoms with van der Waals surface area (Å²) in [6.45, 7) is 1.48. The molecule has 0 spiro atoms. The molecule has 3 rings (SSSR count). The van der Waals surface area contributed by atoms with Gasteiger partial charge in [0, 0.05) is 27.2 Å². The van der Waals surface area contributed by atoms with Gasteiger partial charge in [0.05, 0.1) is 0 Å². The first-order valence-corrected chi connectivity index (χ1v) is 5.01. The molecule has 3 heterocycles. The zero-order valence-corrected chi connectivity index (χ0v) is 9.02. The predicted molar refractivity (Wildman–Crippen MR) is 58.7 cm³/mol. The van der Waals surface area contributed by atoms with Crippen molar-refractivity contribution in [3.63, 3.8) is 0 Å². The molecule has 0 bridgehead atoms. The van der Waals surface area contributed by atoms with E-state index in [1.165, 1.54) is 11.6 Å². The van der Waals surface area contributed by atoms with E-state index in [0.717, 1.165) is 11.1 Å². The van der Waals surface area contributed by atoms with Gasteiger partial charge in [-0.2, -0.15) is 4.98 Å². The van der Waals surface area contributed by atoms with Crippen molar-refractivity contribution in [1.29, 1.82) is 0 Å². The van der Waals surface area contributed by atoms with Gasteiger partial charge in [0.2, 0.25) is 5.95 Å². The number of hydrogen-bond acceptors (Lipinski definition) is 4. The quantitative estimate of drug-likeness (QED) is 0.610. The molecule has 16 heavy (non-hydrogen) atoms. The van der Waals surface area contributed by atoms with Crippen molar-refractivity contribution in [3.05, 3.63) is 20.8 Å². The lowest BCUT2D eigenvalue weighted by Crippen LogP contribution is -2.37. The highest BCUT2D eigenvalue weighted by atomic mass is 16.2. The van der Waals surface area contributed by atoms with Crippen LogP contribution in [0.3, 0.4) is 0 Å². The first-order chi connectivity index (χ1) is 7.61. The van der Waals surface area contributed by atoms with Gasteiger partial charge in [-0.15, -0.1) is 0 Å². The molecule has 0 atom stereocenters. The minimum atomic E-state index is -0.353. The Balaban J connectivity index is 2.62. The van der Waals surface area contributed by atoms with Gasteiger partial charge in [-0.1, -0.05) is 0 Å². The number of hydrogen-bond donors (Lipinski definition) is 1. The van der Waals surface area contributed by atoms with Gasteiger partial charge in [0.15, 0.2) is 11.2 Å². The lowest BCUT2D eigenvalue weighted by atomic mass is 10.5. The van der Waals surface area contributed by atoms with E-state index >= 15 is 0 Å². The Labute approximate surface area is 89.9 Å². The van der Waals surface area contributed by atoms with Crippen molar-refractivity contribution < 1.29 is 0 Å². The van der Waals surface area contributed by atoms with E-state index < -0.39 is 0 Å². The fourth-order valence-electron chi connectivity index (χ4n) is 2.08. The van der Waals surface area contributed by atoms with Gasteiger partial charge in [0.1, 0.15) is 0 Å². The van der Waals surface area contributed by atoms with Crippen LogP contribution in [0.5, 0.6) is 0 Å². The molecule has 84 valence electrons. The van der Waals surface area contributed by atoms with Crippen molar-refractivity contribution in [2.24, 2.45) is 14.1 Å². The average molecular weight is 221 g/mol. The van der Waals surface area contributed by atoms with Crippen LogP contribution in [0.25, 0.3) is 11.2 Å². The Morgan fingerprint density at radius 1 is 1.25 bits per heavy atom. The van der Waals surface area contributed by atoms with Crippen LogP contribution in [0.2, 0.25) is 0 Å². The van der Waals surface area contributed by atoms with E-state index in [0.29, 0.717) is 23.7 Å². The Kier molecular flexibility index (Phi) is 1.58. The summed E-state index contributed by atoms with van der Waals surface area (Å²) in [5, 5.41) is 3.07. The highest BCUT2D eigenvalue weighted by molar-refractivity contribution is 5.74. The monoisotopic (exact) mass is 221 g/mol. The summed E-state index contributed by atoms with van der Waals surface area (Å²) in [4.78, 5) is 27.9. The molecule has 7 nitrogen and oxygen atoms in total. The first kappa shape index (κ1) is 9.20. The maximum atomic E-state index is 12.0. The second-order valence-corrected chi connectivity index (χ2v) is 3.89. The summed E-state index contributed by atoms with van der Waals surface area (Å²) in [5.74, 6) is 0.660. The highest BCUT2D eigenvalue weighted by Crippen LogP contribution is 2.18. The number of nitrogens with zero attached hydrogens (tertiary/aromatic N) is 4. The Bertz CT molecular complexity index is 705. The summed E-state index contributed by atoms with van der Waals surface area (Å²) in [5.41, 5.74) is 0.287. The zero-order valence-electron chi connectivity index (χ0n) is 9.02. The topological polar surface area (TPSA) is 73.8 Å². The molecular weight excluding hydrogens is 210 g/mol. The van der Waals surface area contributed by atoms with Crippen LogP contribution in [0, 0.1) is 0 Å². The number of anilines is 1. The van der Waals surface area contributed by atoms with Gasteiger partial charge in [-0.3, -0.25) is 13.9 Å². The molecule has 2 aromatic heterocycles. The molecule has 0 aromatic carbocycles. The fraction of sp³-hybridized carbons (Fsp3) is 0.444. The Morgan fingerprint density at radius 3 is 2.75 bits per heavy atom. The minimum absolute atomic E-state index is 0.291. The highest BCUT2D eigenvalue weighted by Gasteiger charge is 2.21. The summed E-state index contributed by atoms with van der Waals surface area (Å²) < 4.78 is 4.32. The van der Waals surface area contributed by atoms with Crippen molar-refractivity contribution in [2.75, 3.05) is 11.9 Å². The number of aromatic nitrogens is 4. The summed E-state index contributed by atoms with van der Waals surface area (Å²) in [6, 6.07) is 0. The summed E-state index contributed by atoms with van der Waals surface area (Å²) in [7, 11) is 3.10. The predicted octanol–water partition coefficient (Wildman–Crippen LogP) is -1.14. The lowest BCUT2D eigenvalue weighted by molar-refractivity contribution is 0.701. The van der Waals surface area contributed by atoms with Crippen molar-refractivity contribution in [3.8, 4) is 0 Å². The SMILES string of the molecule is Cn1c(=O)c2c(nc3n2CCN3)n(C)c1=O. The molecule has 2 aromatic rings. The number of nitrogens with one attached hydrogen (secondary N) is 1. The fourth-order valence-corrected chi connectivity index (χ4v) is 2.08. The van der Waals surface area contributed by atoms with E-state index in [9.17, 15) is 9.59 Å². The number of fused-ring (bicyclic) bond motifs is 3. The minimum Gasteiger partial charge on any atom is -0.354 e. The van der Waals surface area contributed by atoms with Gasteiger partial charge < -0.3 is 9.88 Å². The summed E-state index contributed by atoms with van der Waals surface area (Å²) in [6.07, 6.45) is 0. The van der Waals surface area contributed by atoms with Gasteiger partial charge in [0.25, 0.3) is 5.56 Å². The Hall–Kier alpha value is -2.05. The molecule has 0 aliphatic carbocycles. The third-order valence-corrected chi connectivity index (χ3v) is 2.97. The standard InChI is InChI=1S/C9H11N5O2/c1-12-6-5(7(15)13(2)9(12)16)14-4-3-10-8(14)11-6/h3-4H2,1-2H3,(H,10,11). The molecule has 0 fully saturated rings. The number of rotatable bonds is 0. The van der Waals surface area contributed by atoms with Gasteiger partial charge in [-0.25, -0.2) is 4.79 Å². The van der Waals surface area contributed by atoms with Gasteiger partial charge in [-0.05, 0) is 0 Å². The molecule has 0 amide bonds. The van der Waals surface area contributed by atoms with E-state index in [4.69, 9.17) is 0 Å². The van der Waals surface area contributed by atoms with Crippen LogP contribution >= 0.6 is 0 Å². The van der Waals surface area contributed by atoms with Crippen molar-refractivity contribution in [2.45, 2.75) is 6.54 Å². The van der Waals surface area contributed by atoms with Crippen LogP contribution in [-0.2, 0) is 20.6 Å². The van der Waals surface area contributed by atoms with E-state index in [1.807, 2.05) is 4.57 Å². The van der Waals surface area contributed by atoms with Gasteiger partial charge >= 0.3 is 5.69 Å². The summed E-state index contributed by atoms with van der Waals surface area (Å²) >= 11 is 0. The van der Waals surface area contributed by atoms with E-state index in [2.05, 4.69) is 10.3 Å². The normalized spacial score (nSPS) is 14.1. The first-order valence-electron chi connectivity index (χ1n) is 5.01. The molecule has 7 heteroatoms. The largest absolute Gasteiger partial charge is 0.354 e. The average Bonchev–Trinajstić information content (AvgIpc) is 2.82. The smallest absolute Gasteiger partial charge is 0.332 e. The molecule has 1 aliphatic heterocycles. The van der Waals surface area contributed by atoms with Crippen LogP contribution in [0.15, 0.2) is 9.59 Å². The van der Waals surface area contributed by atoms with Crippen LogP contribution < -0.4 is 16.6 Å². The second kappa shape index (κ2) is 2.75. The molecule has 0 radical (unpaired) electrons. The molecule has 0 saturated carbocycles. The zero-order chi connectivity index (χ0) is 11.4. The maximum absolute atomic E-state index is 12.0. The lowest BCUT2D eigenvalue weighted by Gasteiger charge is -2.03. The second-order valence-electron chi connectivity index (χ2n) is 3.89. The van der Waals surface area contributed by atoms with Crippen molar-refractivity contribution >= 4 is 17.1 Å². The number of aryl methyl sites for hydroxylation is 1. The molecule has 0 unspecified atom stereocenters. The number of imidazole rings is 1. The van der Waals surface area contributed by atoms with E-state index in [-0.39, 0.29) is 11.2 Å². The third kappa shape index (κ3) is 0.898. The van der Waals surface area contributed by atoms with Crippen LogP contribution in [0.1, 0.15) is 0 Å². The van der Waals surface area contributed by atoms with Crippen LogP contribution in [0.4, 0.5) is 5.95 Å². The molecule has 0 saturated heterocycles. The third-order valence-electron chi connectivity index (χ3n) is 2.97. The Morgan fingerprint density at radius 2 is 2.00 bits per heavy atom. The molecule has 1 aliphatic rings. The van der Waals surface area contributed by atoms with Crippen molar-refractivity contribution in [1.82, 2.24) is 18.7 Å². The molecular formula is C9H11N5O2.